The molecule has 3 aromatic rings. The number of para-hydroxylation sites is 1. The van der Waals surface area contributed by atoms with Crippen LogP contribution < -0.4 is 9.62 Å². The Hall–Kier alpha value is -2.37. The van der Waals surface area contributed by atoms with Gasteiger partial charge in [0.05, 0.1) is 5.69 Å². The molecule has 0 saturated carbocycles. The van der Waals surface area contributed by atoms with E-state index in [1.807, 2.05) is 25.1 Å². The van der Waals surface area contributed by atoms with Crippen molar-refractivity contribution in [3.05, 3.63) is 47.8 Å². The summed E-state index contributed by atoms with van der Waals surface area (Å²) in [5.41, 5.74) is 1.93. The molecule has 4 rings (SSSR count). The zero-order valence-electron chi connectivity index (χ0n) is 15.8. The molecule has 0 aliphatic carbocycles. The largest absolute Gasteiger partial charge is 0.345 e. The minimum absolute atomic E-state index is 0.0846. The monoisotopic (exact) mass is 449 g/mol. The number of thioether (sulfide) groups is 1. The van der Waals surface area contributed by atoms with E-state index in [4.69, 9.17) is 0 Å². The smallest absolute Gasteiger partial charge is 0.274 e. The van der Waals surface area contributed by atoms with Gasteiger partial charge < -0.3 is 4.57 Å². The van der Waals surface area contributed by atoms with E-state index in [1.165, 1.54) is 32.5 Å². The third-order valence-corrected chi connectivity index (χ3v) is 8.17. The van der Waals surface area contributed by atoms with Crippen molar-refractivity contribution < 1.29 is 13.2 Å². The zero-order valence-corrected chi connectivity index (χ0v) is 18.3. The first-order valence-corrected chi connectivity index (χ1v) is 12.2. The highest BCUT2D eigenvalue weighted by Crippen LogP contribution is 2.33. The first kappa shape index (κ1) is 19.9. The van der Waals surface area contributed by atoms with Gasteiger partial charge in [-0.1, -0.05) is 48.2 Å². The Balaban J connectivity index is 1.58. The van der Waals surface area contributed by atoms with Gasteiger partial charge >= 0.3 is 0 Å². The number of carbonyl (C=O) groups is 1. The Morgan fingerprint density at radius 1 is 1.31 bits per heavy atom. The summed E-state index contributed by atoms with van der Waals surface area (Å²) < 4.78 is 30.0. The summed E-state index contributed by atoms with van der Waals surface area (Å²) in [6.07, 6.45) is 2.13. The lowest BCUT2D eigenvalue weighted by Crippen LogP contribution is -2.28. The number of nitrogens with zero attached hydrogens (tertiary/aromatic N) is 4. The number of hydrogen-bond acceptors (Lipinski definition) is 7. The van der Waals surface area contributed by atoms with Crippen LogP contribution in [0.5, 0.6) is 0 Å². The maximum Gasteiger partial charge on any atom is 0.274 e. The number of aromatic nitrogens is 3. The van der Waals surface area contributed by atoms with E-state index in [1.54, 1.807) is 24.9 Å². The van der Waals surface area contributed by atoms with Gasteiger partial charge in [0.2, 0.25) is 5.13 Å². The van der Waals surface area contributed by atoms with E-state index in [2.05, 4.69) is 15.5 Å². The molecule has 3 heterocycles. The number of nitrogens with one attached hydrogen (secondary N) is 1. The van der Waals surface area contributed by atoms with E-state index in [0.29, 0.717) is 23.8 Å². The van der Waals surface area contributed by atoms with E-state index in [9.17, 15) is 13.2 Å². The summed E-state index contributed by atoms with van der Waals surface area (Å²) in [6, 6.07) is 8.86. The number of anilines is 2. The van der Waals surface area contributed by atoms with Crippen molar-refractivity contribution >= 4 is 49.8 Å². The second kappa shape index (κ2) is 7.81. The Morgan fingerprint density at radius 2 is 2.10 bits per heavy atom. The molecule has 1 aromatic carbocycles. The van der Waals surface area contributed by atoms with Crippen LogP contribution >= 0.6 is 23.1 Å². The SMILES string of the molecule is CCSc1nnc(NC(=O)c2cc(S(=O)(=O)N3CCc4ccccc43)cn2C)s1. The second-order valence-electron chi connectivity index (χ2n) is 6.39. The van der Waals surface area contributed by atoms with Gasteiger partial charge in [-0.25, -0.2) is 8.42 Å². The van der Waals surface area contributed by atoms with Crippen LogP contribution in [-0.4, -0.2) is 41.4 Å². The number of hydrogen-bond donors (Lipinski definition) is 1. The lowest BCUT2D eigenvalue weighted by molar-refractivity contribution is 0.101. The molecule has 1 aliphatic rings. The lowest BCUT2D eigenvalue weighted by atomic mass is 10.2. The summed E-state index contributed by atoms with van der Waals surface area (Å²) in [6.45, 7) is 2.40. The standard InChI is InChI=1S/C18H19N5O3S3/c1-3-27-18-21-20-17(28-18)19-16(24)15-10-13(11-22(15)2)29(25,26)23-9-8-12-6-4-5-7-14(12)23/h4-7,10-11H,3,8-9H2,1-2H3,(H,19,20,24). The van der Waals surface area contributed by atoms with Crippen molar-refractivity contribution in [1.29, 1.82) is 0 Å². The molecule has 0 saturated heterocycles. The van der Waals surface area contributed by atoms with Crippen LogP contribution in [-0.2, 0) is 23.5 Å². The summed E-state index contributed by atoms with van der Waals surface area (Å²) in [5, 5.41) is 11.0. The number of fused-ring (bicyclic) bond motifs is 1. The van der Waals surface area contributed by atoms with Crippen molar-refractivity contribution in [2.24, 2.45) is 7.05 Å². The molecule has 29 heavy (non-hydrogen) atoms. The molecule has 0 fully saturated rings. The van der Waals surface area contributed by atoms with Crippen LogP contribution in [0.3, 0.4) is 0 Å². The second-order valence-corrected chi connectivity index (χ2v) is 10.7. The number of amides is 1. The minimum atomic E-state index is -3.76. The predicted molar refractivity (Wildman–Crippen MR) is 114 cm³/mol. The molecule has 0 bridgehead atoms. The molecule has 2 aromatic heterocycles. The van der Waals surface area contributed by atoms with Crippen LogP contribution in [0.15, 0.2) is 45.8 Å². The Labute approximate surface area is 177 Å². The summed E-state index contributed by atoms with van der Waals surface area (Å²) >= 11 is 2.83. The Bertz CT molecular complexity index is 1170. The van der Waals surface area contributed by atoms with Crippen molar-refractivity contribution in [2.75, 3.05) is 21.9 Å². The first-order valence-electron chi connectivity index (χ1n) is 8.95. The highest BCUT2D eigenvalue weighted by Gasteiger charge is 2.32. The first-order chi connectivity index (χ1) is 13.9. The topological polar surface area (TPSA) is 97.2 Å². The molecular weight excluding hydrogens is 430 g/mol. The van der Waals surface area contributed by atoms with Crippen molar-refractivity contribution in [1.82, 2.24) is 14.8 Å². The molecule has 1 amide bonds. The number of benzene rings is 1. The molecule has 1 aliphatic heterocycles. The highest BCUT2D eigenvalue weighted by atomic mass is 32.2. The van der Waals surface area contributed by atoms with Crippen LogP contribution in [0.4, 0.5) is 10.8 Å². The van der Waals surface area contributed by atoms with Gasteiger partial charge in [-0.3, -0.25) is 14.4 Å². The maximum absolute atomic E-state index is 13.2. The fourth-order valence-corrected chi connectivity index (χ4v) is 6.41. The van der Waals surface area contributed by atoms with Crippen LogP contribution in [0.1, 0.15) is 23.0 Å². The molecule has 0 spiro atoms. The molecule has 8 nitrogen and oxygen atoms in total. The average molecular weight is 450 g/mol. The van der Waals surface area contributed by atoms with Gasteiger partial charge in [0.1, 0.15) is 10.6 Å². The number of rotatable bonds is 6. The van der Waals surface area contributed by atoms with Crippen LogP contribution in [0.25, 0.3) is 0 Å². The third kappa shape index (κ3) is 3.77. The minimum Gasteiger partial charge on any atom is -0.345 e. The van der Waals surface area contributed by atoms with Crippen LogP contribution in [0, 0.1) is 0 Å². The number of aryl methyl sites for hydroxylation is 1. The zero-order chi connectivity index (χ0) is 20.6. The molecule has 11 heteroatoms. The van der Waals surface area contributed by atoms with Gasteiger partial charge in [0.25, 0.3) is 15.9 Å². The van der Waals surface area contributed by atoms with Crippen molar-refractivity contribution in [3.8, 4) is 0 Å². The number of carbonyl (C=O) groups excluding carboxylic acids is 1. The lowest BCUT2D eigenvalue weighted by Gasteiger charge is -2.18. The summed E-state index contributed by atoms with van der Waals surface area (Å²) in [4.78, 5) is 12.7. The molecule has 1 N–H and O–H groups in total. The Morgan fingerprint density at radius 3 is 2.90 bits per heavy atom. The molecular formula is C18H19N5O3S3. The van der Waals surface area contributed by atoms with Gasteiger partial charge in [-0.05, 0) is 29.9 Å². The molecule has 0 radical (unpaired) electrons. The van der Waals surface area contributed by atoms with E-state index in [0.717, 1.165) is 15.7 Å². The van der Waals surface area contributed by atoms with Crippen molar-refractivity contribution in [2.45, 2.75) is 22.6 Å². The Kier molecular flexibility index (Phi) is 5.36. The quantitative estimate of drug-likeness (QED) is 0.459. The molecule has 152 valence electrons. The molecule has 0 unspecified atom stereocenters. The van der Waals surface area contributed by atoms with E-state index >= 15 is 0 Å². The number of sulfonamides is 1. The van der Waals surface area contributed by atoms with Crippen LogP contribution in [0.2, 0.25) is 0 Å². The van der Waals surface area contributed by atoms with E-state index < -0.39 is 15.9 Å². The van der Waals surface area contributed by atoms with E-state index in [-0.39, 0.29) is 10.6 Å². The van der Waals surface area contributed by atoms with Gasteiger partial charge in [-0.15, -0.1) is 10.2 Å². The third-order valence-electron chi connectivity index (χ3n) is 4.54. The normalized spacial score (nSPS) is 13.5. The summed E-state index contributed by atoms with van der Waals surface area (Å²) in [7, 11) is -2.12. The fraction of sp³-hybridized carbons (Fsp3) is 0.278. The highest BCUT2D eigenvalue weighted by molar-refractivity contribution is 8.01. The van der Waals surface area contributed by atoms with Gasteiger partial charge in [-0.2, -0.15) is 0 Å². The van der Waals surface area contributed by atoms with Gasteiger partial charge in [0, 0.05) is 19.8 Å². The van der Waals surface area contributed by atoms with Crippen molar-refractivity contribution in [3.63, 3.8) is 0 Å². The summed E-state index contributed by atoms with van der Waals surface area (Å²) in [5.74, 6) is 0.432. The maximum atomic E-state index is 13.2. The fourth-order valence-electron chi connectivity index (χ4n) is 3.19. The molecule has 0 atom stereocenters. The predicted octanol–water partition coefficient (Wildman–Crippen LogP) is 2.99. The van der Waals surface area contributed by atoms with Gasteiger partial charge in [0.15, 0.2) is 4.34 Å². The average Bonchev–Trinajstić information content (AvgIpc) is 3.40.